The molecule has 3 heterocycles. The van der Waals surface area contributed by atoms with Crippen LogP contribution < -0.4 is 0 Å². The minimum absolute atomic E-state index is 0.189. The fraction of sp³-hybridized carbons (Fsp3) is 0.357. The number of fused-ring (bicyclic) bond motifs is 1. The molecule has 1 atom stereocenters. The first-order valence-electron chi connectivity index (χ1n) is 6.22. The van der Waals surface area contributed by atoms with E-state index in [1.54, 1.807) is 0 Å². The second-order valence-corrected chi connectivity index (χ2v) is 6.40. The topological polar surface area (TPSA) is 20.3 Å². The van der Waals surface area contributed by atoms with Crippen molar-refractivity contribution in [2.24, 2.45) is 0 Å². The van der Waals surface area contributed by atoms with Crippen LogP contribution in [0.5, 0.6) is 0 Å². The predicted octanol–water partition coefficient (Wildman–Crippen LogP) is 3.96. The Morgan fingerprint density at radius 1 is 1.39 bits per heavy atom. The SMILES string of the molecule is CC[C@H]1c2ccsc2CCN1C(=O)c1cccs1. The van der Waals surface area contributed by atoms with Crippen LogP contribution >= 0.6 is 22.7 Å². The highest BCUT2D eigenvalue weighted by molar-refractivity contribution is 7.12. The third kappa shape index (κ3) is 1.89. The molecule has 0 aliphatic carbocycles. The summed E-state index contributed by atoms with van der Waals surface area (Å²) in [5.41, 5.74) is 1.36. The number of hydrogen-bond donors (Lipinski definition) is 0. The highest BCUT2D eigenvalue weighted by Crippen LogP contribution is 2.36. The molecule has 1 aliphatic rings. The van der Waals surface area contributed by atoms with E-state index >= 15 is 0 Å². The summed E-state index contributed by atoms with van der Waals surface area (Å²) in [7, 11) is 0. The first kappa shape index (κ1) is 11.9. The summed E-state index contributed by atoms with van der Waals surface area (Å²) < 4.78 is 0. The molecule has 3 rings (SSSR count). The Morgan fingerprint density at radius 2 is 2.28 bits per heavy atom. The van der Waals surface area contributed by atoms with Crippen molar-refractivity contribution < 1.29 is 4.79 Å². The van der Waals surface area contributed by atoms with Gasteiger partial charge in [-0.05, 0) is 41.3 Å². The molecule has 0 saturated carbocycles. The highest BCUT2D eigenvalue weighted by atomic mass is 32.1. The van der Waals surface area contributed by atoms with Crippen molar-refractivity contribution in [2.75, 3.05) is 6.54 Å². The highest BCUT2D eigenvalue weighted by Gasteiger charge is 2.31. The lowest BCUT2D eigenvalue weighted by atomic mass is 9.97. The van der Waals surface area contributed by atoms with Gasteiger partial charge in [-0.1, -0.05) is 13.0 Å². The number of carbonyl (C=O) groups is 1. The Kier molecular flexibility index (Phi) is 3.22. The van der Waals surface area contributed by atoms with Crippen molar-refractivity contribution in [3.8, 4) is 0 Å². The van der Waals surface area contributed by atoms with Crippen molar-refractivity contribution in [3.63, 3.8) is 0 Å². The maximum atomic E-state index is 12.5. The molecule has 0 fully saturated rings. The number of nitrogens with zero attached hydrogens (tertiary/aromatic N) is 1. The van der Waals surface area contributed by atoms with E-state index in [4.69, 9.17) is 0 Å². The van der Waals surface area contributed by atoms with Gasteiger partial charge in [0.15, 0.2) is 0 Å². The maximum Gasteiger partial charge on any atom is 0.264 e. The van der Waals surface area contributed by atoms with Crippen molar-refractivity contribution in [1.29, 1.82) is 0 Å². The molecule has 2 aromatic rings. The van der Waals surface area contributed by atoms with Gasteiger partial charge in [-0.25, -0.2) is 0 Å². The molecule has 0 radical (unpaired) electrons. The summed E-state index contributed by atoms with van der Waals surface area (Å²) in [6, 6.07) is 6.30. The minimum atomic E-state index is 0.189. The molecule has 0 bridgehead atoms. The Labute approximate surface area is 115 Å². The van der Waals surface area contributed by atoms with E-state index in [-0.39, 0.29) is 11.9 Å². The van der Waals surface area contributed by atoms with Crippen molar-refractivity contribution in [2.45, 2.75) is 25.8 Å². The van der Waals surface area contributed by atoms with Gasteiger partial charge in [0, 0.05) is 11.4 Å². The van der Waals surface area contributed by atoms with Crippen molar-refractivity contribution >= 4 is 28.6 Å². The molecule has 18 heavy (non-hydrogen) atoms. The molecule has 0 aromatic carbocycles. The summed E-state index contributed by atoms with van der Waals surface area (Å²) in [5.74, 6) is 0.189. The van der Waals surface area contributed by atoms with Gasteiger partial charge in [-0.3, -0.25) is 4.79 Å². The molecule has 1 aliphatic heterocycles. The van der Waals surface area contributed by atoms with Gasteiger partial charge < -0.3 is 4.90 Å². The van der Waals surface area contributed by atoms with E-state index in [1.807, 2.05) is 33.7 Å². The Bertz CT molecular complexity index is 544. The van der Waals surface area contributed by atoms with E-state index in [2.05, 4.69) is 18.4 Å². The first-order valence-corrected chi connectivity index (χ1v) is 7.98. The average Bonchev–Trinajstić information content (AvgIpc) is 3.06. The Hall–Kier alpha value is -1.13. The van der Waals surface area contributed by atoms with Crippen LogP contribution in [0.3, 0.4) is 0 Å². The molecule has 1 amide bonds. The van der Waals surface area contributed by atoms with E-state index < -0.39 is 0 Å². The van der Waals surface area contributed by atoms with Crippen LogP contribution in [-0.4, -0.2) is 17.4 Å². The van der Waals surface area contributed by atoms with Crippen LogP contribution in [0.4, 0.5) is 0 Å². The summed E-state index contributed by atoms with van der Waals surface area (Å²) in [5, 5.41) is 4.11. The number of rotatable bonds is 2. The second-order valence-electron chi connectivity index (χ2n) is 4.45. The third-order valence-corrected chi connectivity index (χ3v) is 5.33. The van der Waals surface area contributed by atoms with Gasteiger partial charge in [0.25, 0.3) is 5.91 Å². The molecular weight excluding hydrogens is 262 g/mol. The fourth-order valence-corrected chi connectivity index (χ4v) is 4.23. The van der Waals surface area contributed by atoms with Crippen LogP contribution in [0.25, 0.3) is 0 Å². The van der Waals surface area contributed by atoms with Crippen LogP contribution in [0.15, 0.2) is 29.0 Å². The first-order chi connectivity index (χ1) is 8.81. The van der Waals surface area contributed by atoms with Gasteiger partial charge in [0.05, 0.1) is 10.9 Å². The zero-order valence-electron chi connectivity index (χ0n) is 10.3. The molecule has 0 N–H and O–H groups in total. The molecule has 0 spiro atoms. The standard InChI is InChI=1S/C14H15NOS2/c1-2-11-10-6-9-18-12(10)5-7-15(11)14(16)13-4-3-8-17-13/h3-4,6,8-9,11H,2,5,7H2,1H3/t11-/m0/s1. The maximum absolute atomic E-state index is 12.5. The largest absolute Gasteiger partial charge is 0.331 e. The molecule has 2 aromatic heterocycles. The lowest BCUT2D eigenvalue weighted by Gasteiger charge is -2.35. The minimum Gasteiger partial charge on any atom is -0.331 e. The quantitative estimate of drug-likeness (QED) is 0.813. The van der Waals surface area contributed by atoms with Gasteiger partial charge >= 0.3 is 0 Å². The zero-order valence-corrected chi connectivity index (χ0v) is 11.9. The lowest BCUT2D eigenvalue weighted by molar-refractivity contribution is 0.0662. The van der Waals surface area contributed by atoms with E-state index in [9.17, 15) is 4.79 Å². The van der Waals surface area contributed by atoms with Crippen LogP contribution in [0, 0.1) is 0 Å². The van der Waals surface area contributed by atoms with E-state index in [0.29, 0.717) is 0 Å². The number of thiophene rings is 2. The molecule has 2 nitrogen and oxygen atoms in total. The zero-order chi connectivity index (χ0) is 12.5. The molecule has 0 saturated heterocycles. The van der Waals surface area contributed by atoms with Gasteiger partial charge in [-0.15, -0.1) is 22.7 Å². The fourth-order valence-electron chi connectivity index (χ4n) is 2.62. The van der Waals surface area contributed by atoms with Crippen molar-refractivity contribution in [3.05, 3.63) is 44.3 Å². The van der Waals surface area contributed by atoms with E-state index in [0.717, 1.165) is 24.3 Å². The number of hydrogen-bond acceptors (Lipinski definition) is 3. The summed E-state index contributed by atoms with van der Waals surface area (Å²) in [4.78, 5) is 16.9. The monoisotopic (exact) mass is 277 g/mol. The lowest BCUT2D eigenvalue weighted by Crippen LogP contribution is -2.38. The Balaban J connectivity index is 1.92. The summed E-state index contributed by atoms with van der Waals surface area (Å²) >= 11 is 3.35. The number of amides is 1. The number of carbonyl (C=O) groups excluding carboxylic acids is 1. The van der Waals surface area contributed by atoms with Crippen LogP contribution in [0.1, 0.15) is 39.5 Å². The van der Waals surface area contributed by atoms with Crippen molar-refractivity contribution in [1.82, 2.24) is 4.90 Å². The van der Waals surface area contributed by atoms with Crippen LogP contribution in [-0.2, 0) is 6.42 Å². The summed E-state index contributed by atoms with van der Waals surface area (Å²) in [6.07, 6.45) is 1.99. The van der Waals surface area contributed by atoms with Crippen LogP contribution in [0.2, 0.25) is 0 Å². The third-order valence-electron chi connectivity index (χ3n) is 3.47. The Morgan fingerprint density at radius 3 is 3.00 bits per heavy atom. The average molecular weight is 277 g/mol. The van der Waals surface area contributed by atoms with Gasteiger partial charge in [-0.2, -0.15) is 0 Å². The second kappa shape index (κ2) is 4.86. The molecular formula is C14H15NOS2. The van der Waals surface area contributed by atoms with Gasteiger partial charge in [0.1, 0.15) is 0 Å². The molecule has 0 unspecified atom stereocenters. The smallest absolute Gasteiger partial charge is 0.264 e. The van der Waals surface area contributed by atoms with Gasteiger partial charge in [0.2, 0.25) is 0 Å². The molecule has 94 valence electrons. The molecule has 4 heteroatoms. The summed E-state index contributed by atoms with van der Waals surface area (Å²) in [6.45, 7) is 3.01. The van der Waals surface area contributed by atoms with E-state index in [1.165, 1.54) is 21.8 Å². The normalized spacial score (nSPS) is 18.7. The predicted molar refractivity (Wildman–Crippen MR) is 76.4 cm³/mol.